The van der Waals surface area contributed by atoms with Crippen molar-refractivity contribution in [2.75, 3.05) is 11.1 Å². The van der Waals surface area contributed by atoms with Crippen molar-refractivity contribution in [3.63, 3.8) is 0 Å². The first-order valence-electron chi connectivity index (χ1n) is 6.52. The highest BCUT2D eigenvalue weighted by Crippen LogP contribution is 2.22. The maximum Gasteiger partial charge on any atom is 0.248 e. The summed E-state index contributed by atoms with van der Waals surface area (Å²) >= 11 is 6.25. The van der Waals surface area contributed by atoms with Crippen LogP contribution in [0.1, 0.15) is 11.1 Å². The molecule has 108 valence electrons. The summed E-state index contributed by atoms with van der Waals surface area (Å²) in [7, 11) is 0. The number of nitrogens with one attached hydrogen (secondary N) is 2. The third-order valence-electron chi connectivity index (χ3n) is 2.84. The van der Waals surface area contributed by atoms with Crippen molar-refractivity contribution in [1.29, 1.82) is 0 Å². The first-order valence-corrected chi connectivity index (χ1v) is 6.90. The Bertz CT molecular complexity index is 846. The third-order valence-corrected chi connectivity index (χ3v) is 3.16. The fourth-order valence-corrected chi connectivity index (χ4v) is 2.04. The molecule has 4 N–H and O–H groups in total. The molecule has 0 fully saturated rings. The van der Waals surface area contributed by atoms with Crippen molar-refractivity contribution in [3.05, 3.63) is 64.7 Å². The summed E-state index contributed by atoms with van der Waals surface area (Å²) in [5.41, 5.74) is 7.92. The number of nitrogens with zero attached hydrogens (tertiary/aromatic N) is 2. The number of nitrogen functional groups attached to an aromatic ring is 1. The summed E-state index contributed by atoms with van der Waals surface area (Å²) in [6.07, 6.45) is 0. The van der Waals surface area contributed by atoms with Gasteiger partial charge < -0.3 is 11.1 Å². The molecule has 0 atom stereocenters. The van der Waals surface area contributed by atoms with E-state index in [1.807, 2.05) is 42.5 Å². The lowest BCUT2D eigenvalue weighted by Gasteiger charge is -2.03. The molecule has 0 aliphatic heterocycles. The Morgan fingerprint density at radius 1 is 1.09 bits per heavy atom. The number of halogens is 1. The lowest BCUT2D eigenvalue weighted by molar-refractivity contribution is 1.10. The summed E-state index contributed by atoms with van der Waals surface area (Å²) in [5.74, 6) is 6.77. The van der Waals surface area contributed by atoms with Crippen LogP contribution < -0.4 is 11.1 Å². The van der Waals surface area contributed by atoms with Gasteiger partial charge in [0.2, 0.25) is 11.9 Å². The molecule has 6 heteroatoms. The van der Waals surface area contributed by atoms with Gasteiger partial charge in [-0.05, 0) is 30.3 Å². The molecule has 0 radical (unpaired) electrons. The first kappa shape index (κ1) is 14.0. The van der Waals surface area contributed by atoms with Gasteiger partial charge in [-0.15, -0.1) is 5.10 Å². The Balaban J connectivity index is 1.79. The molecule has 0 aliphatic carbocycles. The average Bonchev–Trinajstić information content (AvgIpc) is 2.92. The number of anilines is 3. The van der Waals surface area contributed by atoms with Gasteiger partial charge in [-0.1, -0.05) is 41.6 Å². The molecule has 2 aromatic carbocycles. The predicted molar refractivity (Wildman–Crippen MR) is 88.0 cm³/mol. The summed E-state index contributed by atoms with van der Waals surface area (Å²) in [5, 5.41) is 10.0. The highest BCUT2D eigenvalue weighted by atomic mass is 35.5. The summed E-state index contributed by atoms with van der Waals surface area (Å²) in [6, 6.07) is 15.2. The predicted octanol–water partition coefficient (Wildman–Crippen LogP) is 3.18. The van der Waals surface area contributed by atoms with Crippen molar-refractivity contribution in [2.45, 2.75) is 0 Å². The van der Waals surface area contributed by atoms with E-state index in [4.69, 9.17) is 17.3 Å². The molecule has 3 aromatic rings. The van der Waals surface area contributed by atoms with Crippen molar-refractivity contribution in [2.24, 2.45) is 0 Å². The average molecular weight is 310 g/mol. The summed E-state index contributed by atoms with van der Waals surface area (Å²) < 4.78 is 0. The van der Waals surface area contributed by atoms with Gasteiger partial charge in [-0.3, -0.25) is 0 Å². The lowest BCUT2D eigenvalue weighted by Crippen LogP contribution is -1.93. The minimum Gasteiger partial charge on any atom is -0.368 e. The van der Waals surface area contributed by atoms with Crippen LogP contribution >= 0.6 is 11.6 Å². The molecule has 22 heavy (non-hydrogen) atoms. The van der Waals surface area contributed by atoms with E-state index in [9.17, 15) is 0 Å². The van der Waals surface area contributed by atoms with Crippen molar-refractivity contribution in [3.8, 4) is 11.8 Å². The van der Waals surface area contributed by atoms with E-state index in [1.165, 1.54) is 0 Å². The molecule has 1 heterocycles. The van der Waals surface area contributed by atoms with E-state index in [0.717, 1.165) is 16.8 Å². The van der Waals surface area contributed by atoms with Gasteiger partial charge in [0.1, 0.15) is 0 Å². The molecular formula is C16H12ClN5. The van der Waals surface area contributed by atoms with Crippen LogP contribution in [-0.4, -0.2) is 15.2 Å². The van der Waals surface area contributed by atoms with E-state index in [0.29, 0.717) is 11.0 Å². The molecule has 5 nitrogen and oxygen atoms in total. The van der Waals surface area contributed by atoms with Crippen LogP contribution in [0.15, 0.2) is 48.5 Å². The van der Waals surface area contributed by atoms with E-state index in [-0.39, 0.29) is 5.95 Å². The van der Waals surface area contributed by atoms with Gasteiger partial charge >= 0.3 is 0 Å². The normalized spacial score (nSPS) is 9.86. The molecule has 0 aliphatic rings. The van der Waals surface area contributed by atoms with Gasteiger partial charge in [-0.2, -0.15) is 4.98 Å². The maximum absolute atomic E-state index is 6.25. The first-order chi connectivity index (χ1) is 10.7. The van der Waals surface area contributed by atoms with Gasteiger partial charge in [0.15, 0.2) is 0 Å². The number of H-pyrrole nitrogens is 1. The molecule has 3 rings (SSSR count). The second-order valence-electron chi connectivity index (χ2n) is 4.48. The van der Waals surface area contributed by atoms with Crippen LogP contribution in [0.5, 0.6) is 0 Å². The van der Waals surface area contributed by atoms with Crippen molar-refractivity contribution in [1.82, 2.24) is 15.2 Å². The molecular weight excluding hydrogens is 298 g/mol. The number of hydrogen-bond donors (Lipinski definition) is 3. The van der Waals surface area contributed by atoms with Gasteiger partial charge in [0.25, 0.3) is 0 Å². The fourth-order valence-electron chi connectivity index (χ4n) is 1.81. The topological polar surface area (TPSA) is 79.6 Å². The zero-order valence-electron chi connectivity index (χ0n) is 11.5. The number of rotatable bonds is 2. The Hall–Kier alpha value is -2.97. The standard InChI is InChI=1S/C16H12ClN5/c17-14-10-13(19-16-20-15(18)21-22-16)9-8-12(14)7-6-11-4-2-1-3-5-11/h1-5,8-10H,(H4,18,19,20,21,22). The number of nitrogens with two attached hydrogens (primary N) is 1. The SMILES string of the molecule is Nc1nc(Nc2ccc(C#Cc3ccccc3)c(Cl)c2)n[nH]1. The zero-order chi connectivity index (χ0) is 15.4. The van der Waals surface area contributed by atoms with Gasteiger partial charge in [-0.25, -0.2) is 5.10 Å². The Kier molecular flexibility index (Phi) is 3.95. The van der Waals surface area contributed by atoms with Crippen molar-refractivity contribution < 1.29 is 0 Å². The van der Waals surface area contributed by atoms with Gasteiger partial charge in [0, 0.05) is 16.8 Å². The van der Waals surface area contributed by atoms with E-state index in [2.05, 4.69) is 32.3 Å². The minimum atomic E-state index is 0.249. The van der Waals surface area contributed by atoms with Crippen LogP contribution in [-0.2, 0) is 0 Å². The molecule has 0 saturated heterocycles. The summed E-state index contributed by atoms with van der Waals surface area (Å²) in [6.45, 7) is 0. The maximum atomic E-state index is 6.25. The second kappa shape index (κ2) is 6.20. The molecule has 0 saturated carbocycles. The van der Waals surface area contributed by atoms with Crippen LogP contribution in [0.25, 0.3) is 0 Å². The van der Waals surface area contributed by atoms with Crippen LogP contribution in [0.2, 0.25) is 5.02 Å². The monoisotopic (exact) mass is 309 g/mol. The Labute approximate surface area is 132 Å². The van der Waals surface area contributed by atoms with Crippen LogP contribution in [0.4, 0.5) is 17.6 Å². The van der Waals surface area contributed by atoms with Crippen LogP contribution in [0, 0.1) is 11.8 Å². The molecule has 0 bridgehead atoms. The molecule has 0 spiro atoms. The number of aromatic amines is 1. The Morgan fingerprint density at radius 3 is 2.59 bits per heavy atom. The quantitative estimate of drug-likeness (QED) is 0.635. The van der Waals surface area contributed by atoms with Gasteiger partial charge in [0.05, 0.1) is 5.02 Å². The lowest BCUT2D eigenvalue weighted by atomic mass is 10.1. The smallest absolute Gasteiger partial charge is 0.248 e. The second-order valence-corrected chi connectivity index (χ2v) is 4.89. The molecule has 0 amide bonds. The van der Waals surface area contributed by atoms with E-state index >= 15 is 0 Å². The molecule has 1 aromatic heterocycles. The van der Waals surface area contributed by atoms with E-state index in [1.54, 1.807) is 6.07 Å². The largest absolute Gasteiger partial charge is 0.368 e. The van der Waals surface area contributed by atoms with Crippen molar-refractivity contribution >= 4 is 29.2 Å². The minimum absolute atomic E-state index is 0.249. The number of hydrogen-bond acceptors (Lipinski definition) is 4. The highest BCUT2D eigenvalue weighted by Gasteiger charge is 2.03. The summed E-state index contributed by atoms with van der Waals surface area (Å²) in [4.78, 5) is 3.96. The van der Waals surface area contributed by atoms with E-state index < -0.39 is 0 Å². The number of aromatic nitrogens is 3. The molecule has 0 unspecified atom stereocenters. The third kappa shape index (κ3) is 3.37. The number of benzene rings is 2. The fraction of sp³-hybridized carbons (Fsp3) is 0. The van der Waals surface area contributed by atoms with Crippen LogP contribution in [0.3, 0.4) is 0 Å². The zero-order valence-corrected chi connectivity index (χ0v) is 12.2. The Morgan fingerprint density at radius 2 is 1.91 bits per heavy atom. The highest BCUT2D eigenvalue weighted by molar-refractivity contribution is 6.32.